The zero-order valence-corrected chi connectivity index (χ0v) is 13.8. The van der Waals surface area contributed by atoms with Gasteiger partial charge in [-0.3, -0.25) is 0 Å². The van der Waals surface area contributed by atoms with Crippen molar-refractivity contribution in [2.75, 3.05) is 13.1 Å². The summed E-state index contributed by atoms with van der Waals surface area (Å²) in [6.45, 7) is 6.53. The molecule has 1 aromatic carbocycles. The predicted octanol–water partition coefficient (Wildman–Crippen LogP) is 0.412. The molecule has 1 fully saturated rings. The number of nitrogens with one attached hydrogen (secondary N) is 1. The molecular weight excluding hydrogens is 298 g/mol. The van der Waals surface area contributed by atoms with Crippen molar-refractivity contribution in [3.05, 3.63) is 34.1 Å². The molecule has 6 nitrogen and oxygen atoms in total. The Bertz CT molecular complexity index is 723. The average molecular weight is 320 g/mol. The number of nitrogens with zero attached hydrogens (tertiary/aromatic N) is 4. The monoisotopic (exact) mass is 320 g/mol. The summed E-state index contributed by atoms with van der Waals surface area (Å²) in [4.78, 5) is 1.29. The van der Waals surface area contributed by atoms with Gasteiger partial charge < -0.3 is 10.0 Å². The first kappa shape index (κ1) is 15.3. The van der Waals surface area contributed by atoms with Crippen LogP contribution in [0.2, 0.25) is 0 Å². The van der Waals surface area contributed by atoms with E-state index in [1.807, 2.05) is 6.92 Å². The van der Waals surface area contributed by atoms with E-state index in [0.29, 0.717) is 11.4 Å². The Kier molecular flexibility index (Phi) is 4.37. The van der Waals surface area contributed by atoms with Crippen molar-refractivity contribution in [2.24, 2.45) is 0 Å². The normalized spacial score (nSPS) is 22.0. The van der Waals surface area contributed by atoms with Crippen LogP contribution < -0.4 is 4.90 Å². The third kappa shape index (κ3) is 3.11. The van der Waals surface area contributed by atoms with Gasteiger partial charge in [0.1, 0.15) is 12.6 Å². The van der Waals surface area contributed by atoms with Crippen LogP contribution in [0.25, 0.3) is 5.69 Å². The molecule has 2 aromatic rings. The Labute approximate surface area is 135 Å². The molecule has 1 aliphatic rings. The minimum atomic E-state index is -0.216. The van der Waals surface area contributed by atoms with Crippen LogP contribution in [-0.4, -0.2) is 44.1 Å². The number of aliphatic hydroxyl groups excluding tert-OH is 1. The van der Waals surface area contributed by atoms with E-state index in [-0.39, 0.29) is 6.10 Å². The third-order valence-electron chi connectivity index (χ3n) is 4.20. The topological polar surface area (TPSA) is 60.3 Å². The highest BCUT2D eigenvalue weighted by Gasteiger charge is 2.22. The Morgan fingerprint density at radius 3 is 2.95 bits per heavy atom. The molecule has 22 heavy (non-hydrogen) atoms. The van der Waals surface area contributed by atoms with Gasteiger partial charge in [0.15, 0.2) is 6.67 Å². The summed E-state index contributed by atoms with van der Waals surface area (Å²) < 4.78 is 4.07. The molecular formula is C15H22N5OS+. The summed E-state index contributed by atoms with van der Waals surface area (Å²) in [5, 5.41) is 18.2. The van der Waals surface area contributed by atoms with Crippen LogP contribution in [0.3, 0.4) is 0 Å². The molecule has 0 amide bonds. The van der Waals surface area contributed by atoms with E-state index in [0.717, 1.165) is 37.2 Å². The number of hydrogen-bond donors (Lipinski definition) is 2. The fourth-order valence-electron chi connectivity index (χ4n) is 2.95. The zero-order valence-electron chi connectivity index (χ0n) is 13.0. The van der Waals surface area contributed by atoms with Crippen molar-refractivity contribution < 1.29 is 10.0 Å². The second kappa shape index (κ2) is 6.28. The number of aryl methyl sites for hydroxylation is 2. The van der Waals surface area contributed by atoms with Gasteiger partial charge in [0.05, 0.1) is 12.2 Å². The standard InChI is InChI=1S/C15H21N5OS/c1-11-5-6-12(2)14(8-11)20-15(22)19(16-17-20)10-18-7-3-4-13(21)9-18/h5-6,8,13,21H,3-4,7,9-10H2,1-2H3/p+1/t13-/m1/s1. The lowest BCUT2D eigenvalue weighted by molar-refractivity contribution is -0.931. The number of quaternary nitrogens is 1. The zero-order chi connectivity index (χ0) is 15.7. The van der Waals surface area contributed by atoms with Crippen molar-refractivity contribution in [1.29, 1.82) is 0 Å². The maximum atomic E-state index is 9.78. The van der Waals surface area contributed by atoms with Gasteiger partial charge in [-0.1, -0.05) is 12.1 Å². The van der Waals surface area contributed by atoms with Gasteiger partial charge in [-0.25, -0.2) is 0 Å². The van der Waals surface area contributed by atoms with Crippen molar-refractivity contribution in [3.63, 3.8) is 0 Å². The predicted molar refractivity (Wildman–Crippen MR) is 85.6 cm³/mol. The minimum Gasteiger partial charge on any atom is -0.387 e. The van der Waals surface area contributed by atoms with E-state index in [1.54, 1.807) is 9.36 Å². The van der Waals surface area contributed by atoms with Crippen LogP contribution in [-0.2, 0) is 6.67 Å². The first-order valence-corrected chi connectivity index (χ1v) is 8.07. The molecule has 1 aliphatic heterocycles. The Morgan fingerprint density at radius 2 is 2.18 bits per heavy atom. The van der Waals surface area contributed by atoms with Crippen LogP contribution in [0.15, 0.2) is 18.2 Å². The van der Waals surface area contributed by atoms with Gasteiger partial charge in [-0.05, 0) is 66.5 Å². The lowest BCUT2D eigenvalue weighted by Crippen LogP contribution is -3.13. The molecule has 1 aromatic heterocycles. The van der Waals surface area contributed by atoms with Gasteiger partial charge in [-0.15, -0.1) is 0 Å². The van der Waals surface area contributed by atoms with Crippen molar-refractivity contribution >= 4 is 12.2 Å². The lowest BCUT2D eigenvalue weighted by atomic mass is 10.1. The summed E-state index contributed by atoms with van der Waals surface area (Å²) in [6.07, 6.45) is 1.71. The van der Waals surface area contributed by atoms with E-state index in [9.17, 15) is 5.11 Å². The van der Waals surface area contributed by atoms with E-state index in [1.165, 1.54) is 10.5 Å². The average Bonchev–Trinajstić information content (AvgIpc) is 2.83. The summed E-state index contributed by atoms with van der Waals surface area (Å²) in [6, 6.07) is 6.21. The number of rotatable bonds is 3. The molecule has 1 unspecified atom stereocenters. The number of hydrogen-bond acceptors (Lipinski definition) is 4. The van der Waals surface area contributed by atoms with Crippen LogP contribution in [0.1, 0.15) is 24.0 Å². The number of aliphatic hydroxyl groups is 1. The Balaban J connectivity index is 1.86. The van der Waals surface area contributed by atoms with Crippen molar-refractivity contribution in [3.8, 4) is 5.69 Å². The first-order chi connectivity index (χ1) is 10.5. The molecule has 0 bridgehead atoms. The van der Waals surface area contributed by atoms with Gasteiger partial charge in [0, 0.05) is 0 Å². The lowest BCUT2D eigenvalue weighted by Gasteiger charge is -2.26. The molecule has 2 atom stereocenters. The summed E-state index contributed by atoms with van der Waals surface area (Å²) in [5.74, 6) is 0. The fraction of sp³-hybridized carbons (Fsp3) is 0.533. The largest absolute Gasteiger partial charge is 0.387 e. The number of benzene rings is 1. The van der Waals surface area contributed by atoms with Crippen LogP contribution in [0, 0.1) is 18.6 Å². The Morgan fingerprint density at radius 1 is 1.36 bits per heavy atom. The van der Waals surface area contributed by atoms with Gasteiger partial charge in [0.25, 0.3) is 0 Å². The minimum absolute atomic E-state index is 0.216. The van der Waals surface area contributed by atoms with E-state index in [4.69, 9.17) is 12.2 Å². The third-order valence-corrected chi connectivity index (χ3v) is 4.58. The molecule has 2 N–H and O–H groups in total. The highest BCUT2D eigenvalue weighted by molar-refractivity contribution is 7.71. The summed E-state index contributed by atoms with van der Waals surface area (Å²) in [7, 11) is 0. The molecule has 3 rings (SSSR count). The highest BCUT2D eigenvalue weighted by Crippen LogP contribution is 2.15. The summed E-state index contributed by atoms with van der Waals surface area (Å²) in [5.41, 5.74) is 3.27. The van der Waals surface area contributed by atoms with E-state index >= 15 is 0 Å². The second-order valence-corrected chi connectivity index (χ2v) is 6.49. The molecule has 2 heterocycles. The Hall–Kier alpha value is -1.57. The maximum Gasteiger partial charge on any atom is 0.225 e. The molecule has 0 saturated carbocycles. The van der Waals surface area contributed by atoms with Crippen LogP contribution in [0.4, 0.5) is 0 Å². The maximum absolute atomic E-state index is 9.78. The van der Waals surface area contributed by atoms with Crippen molar-refractivity contribution in [2.45, 2.75) is 39.5 Å². The molecule has 0 spiro atoms. The first-order valence-electron chi connectivity index (χ1n) is 7.66. The second-order valence-electron chi connectivity index (χ2n) is 6.12. The number of aromatic nitrogens is 4. The molecule has 118 valence electrons. The number of tetrazole rings is 1. The molecule has 7 heteroatoms. The van der Waals surface area contributed by atoms with E-state index in [2.05, 4.69) is 35.5 Å². The smallest absolute Gasteiger partial charge is 0.225 e. The van der Waals surface area contributed by atoms with Crippen LogP contribution in [0.5, 0.6) is 0 Å². The van der Waals surface area contributed by atoms with Gasteiger partial charge in [-0.2, -0.15) is 9.36 Å². The van der Waals surface area contributed by atoms with Crippen molar-refractivity contribution in [1.82, 2.24) is 19.8 Å². The molecule has 0 aliphatic carbocycles. The SMILES string of the molecule is Cc1ccc(C)c(-n2nnn(C[NH+]3CCC[C@@H](O)C3)c2=S)c1. The quantitative estimate of drug-likeness (QED) is 0.805. The number of piperidine rings is 1. The molecule has 0 radical (unpaired) electrons. The number of likely N-dealkylation sites (tertiary alicyclic amines) is 1. The molecule has 1 saturated heterocycles. The van der Waals surface area contributed by atoms with Crippen LogP contribution >= 0.6 is 12.2 Å². The van der Waals surface area contributed by atoms with Gasteiger partial charge >= 0.3 is 0 Å². The van der Waals surface area contributed by atoms with Gasteiger partial charge in [0.2, 0.25) is 4.77 Å². The fourth-order valence-corrected chi connectivity index (χ4v) is 3.19. The summed E-state index contributed by atoms with van der Waals surface area (Å²) >= 11 is 5.53. The van der Waals surface area contributed by atoms with E-state index < -0.39 is 0 Å². The highest BCUT2D eigenvalue weighted by atomic mass is 32.1.